The van der Waals surface area contributed by atoms with E-state index in [0.29, 0.717) is 23.0 Å². The van der Waals surface area contributed by atoms with Crippen molar-refractivity contribution in [2.24, 2.45) is 11.7 Å². The van der Waals surface area contributed by atoms with E-state index in [0.717, 1.165) is 47.5 Å². The number of allylic oxidation sites excluding steroid dienone is 2. The SMILES string of the molecule is C=C(/C=C(\C=C/N)C1CC(C(O)(c2ccc(Cl)cc2)C2CCN(C)CC2)=C(c2nnc[nH]2)S1)NC(C)=O. The summed E-state index contributed by atoms with van der Waals surface area (Å²) in [6.07, 6.45) is 8.89. The molecule has 0 saturated carbocycles. The minimum absolute atomic E-state index is 0.00368. The van der Waals surface area contributed by atoms with E-state index in [4.69, 9.17) is 17.3 Å². The fourth-order valence-corrected chi connectivity index (χ4v) is 6.71. The molecule has 10 heteroatoms. The van der Waals surface area contributed by atoms with Crippen LogP contribution in [0.5, 0.6) is 0 Å². The number of thioether (sulfide) groups is 1. The first kappa shape index (κ1) is 27.2. The predicted octanol–water partition coefficient (Wildman–Crippen LogP) is 3.95. The number of H-pyrrole nitrogens is 1. The number of halogens is 1. The lowest BCUT2D eigenvalue weighted by molar-refractivity contribution is -0.118. The summed E-state index contributed by atoms with van der Waals surface area (Å²) in [6.45, 7) is 7.21. The second-order valence-corrected chi connectivity index (χ2v) is 11.2. The number of benzene rings is 1. The van der Waals surface area contributed by atoms with Crippen LogP contribution in [0.3, 0.4) is 0 Å². The zero-order valence-corrected chi connectivity index (χ0v) is 22.6. The maximum Gasteiger partial charge on any atom is 0.221 e. The molecule has 37 heavy (non-hydrogen) atoms. The summed E-state index contributed by atoms with van der Waals surface area (Å²) in [5.74, 6) is 0.417. The highest BCUT2D eigenvalue weighted by atomic mass is 35.5. The van der Waals surface area contributed by atoms with Crippen LogP contribution in [-0.4, -0.2) is 56.5 Å². The van der Waals surface area contributed by atoms with E-state index >= 15 is 0 Å². The number of aliphatic hydroxyl groups is 1. The van der Waals surface area contributed by atoms with Gasteiger partial charge in [-0.2, -0.15) is 0 Å². The first-order valence-electron chi connectivity index (χ1n) is 12.2. The van der Waals surface area contributed by atoms with E-state index in [1.165, 1.54) is 13.1 Å². The summed E-state index contributed by atoms with van der Waals surface area (Å²) in [5.41, 5.74) is 7.61. The Kier molecular flexibility index (Phi) is 8.59. The quantitative estimate of drug-likeness (QED) is 0.374. The molecule has 3 heterocycles. The zero-order chi connectivity index (χ0) is 26.6. The molecule has 2 aliphatic rings. The number of likely N-dealkylation sites (tertiary alicyclic amines) is 1. The second-order valence-electron chi connectivity index (χ2n) is 9.52. The fraction of sp³-hybridized carbons (Fsp3) is 0.370. The molecule has 1 fully saturated rings. The second kappa shape index (κ2) is 11.7. The number of aromatic amines is 1. The Bertz CT molecular complexity index is 1220. The first-order valence-corrected chi connectivity index (χ1v) is 13.5. The number of carbonyl (C=O) groups excluding carboxylic acids is 1. The smallest absolute Gasteiger partial charge is 0.221 e. The molecule has 1 amide bonds. The molecule has 5 N–H and O–H groups in total. The Morgan fingerprint density at radius 2 is 2.05 bits per heavy atom. The number of rotatable bonds is 8. The van der Waals surface area contributed by atoms with Gasteiger partial charge >= 0.3 is 0 Å². The van der Waals surface area contributed by atoms with Crippen LogP contribution >= 0.6 is 23.4 Å². The van der Waals surface area contributed by atoms with Crippen LogP contribution in [0.2, 0.25) is 5.02 Å². The molecular formula is C27H33ClN6O2S. The molecule has 196 valence electrons. The van der Waals surface area contributed by atoms with E-state index in [1.54, 1.807) is 18.1 Å². The van der Waals surface area contributed by atoms with Gasteiger partial charge in [-0.1, -0.05) is 30.3 Å². The molecule has 1 aromatic carbocycles. The van der Waals surface area contributed by atoms with Gasteiger partial charge in [-0.3, -0.25) is 4.79 Å². The Hall–Kier alpha value is -2.85. The van der Waals surface area contributed by atoms with E-state index in [1.807, 2.05) is 36.4 Å². The lowest BCUT2D eigenvalue weighted by Crippen LogP contribution is -2.44. The average molecular weight is 541 g/mol. The Labute approximate surface area is 226 Å². The summed E-state index contributed by atoms with van der Waals surface area (Å²) >= 11 is 7.82. The van der Waals surface area contributed by atoms with Gasteiger partial charge in [0.05, 0.1) is 4.91 Å². The van der Waals surface area contributed by atoms with Crippen molar-refractivity contribution in [3.8, 4) is 0 Å². The molecule has 0 radical (unpaired) electrons. The van der Waals surface area contributed by atoms with E-state index in [9.17, 15) is 9.90 Å². The van der Waals surface area contributed by atoms with Gasteiger partial charge in [0.1, 0.15) is 11.9 Å². The lowest BCUT2D eigenvalue weighted by Gasteiger charge is -2.42. The summed E-state index contributed by atoms with van der Waals surface area (Å²) < 4.78 is 0. The molecule has 8 nitrogen and oxygen atoms in total. The van der Waals surface area contributed by atoms with Gasteiger partial charge in [0, 0.05) is 22.9 Å². The monoisotopic (exact) mass is 540 g/mol. The van der Waals surface area contributed by atoms with Crippen molar-refractivity contribution in [1.82, 2.24) is 25.4 Å². The highest BCUT2D eigenvalue weighted by molar-refractivity contribution is 8.09. The molecule has 0 spiro atoms. The normalized spacial score (nSPS) is 21.4. The Morgan fingerprint density at radius 3 is 2.65 bits per heavy atom. The van der Waals surface area contributed by atoms with Gasteiger partial charge < -0.3 is 26.0 Å². The summed E-state index contributed by atoms with van der Waals surface area (Å²) in [7, 11) is 2.11. The number of nitrogens with two attached hydrogens (primary N) is 1. The Balaban J connectivity index is 1.81. The van der Waals surface area contributed by atoms with Crippen LogP contribution in [0.25, 0.3) is 4.91 Å². The topological polar surface area (TPSA) is 120 Å². The van der Waals surface area contributed by atoms with Crippen molar-refractivity contribution >= 4 is 34.2 Å². The standard InChI is InChI=1S/C27H33ClN6O2S/c1-17(32-18(2)35)14-19(8-11-29)24-15-23(25(37-24)26-30-16-31-33-26)27(36,20-4-6-22(28)7-5-20)21-9-12-34(3)13-10-21/h4-8,11,14,16,21,24,36H,1,9-10,12-13,15,29H2,2-3H3,(H,32,35)(H,30,31,33)/b11-8-,19-14+. The van der Waals surface area contributed by atoms with Gasteiger partial charge in [0.25, 0.3) is 0 Å². The van der Waals surface area contributed by atoms with Crippen LogP contribution in [0.1, 0.15) is 37.6 Å². The van der Waals surface area contributed by atoms with Gasteiger partial charge in [0.2, 0.25) is 5.91 Å². The van der Waals surface area contributed by atoms with Crippen LogP contribution in [0.15, 0.2) is 72.4 Å². The predicted molar refractivity (Wildman–Crippen MR) is 149 cm³/mol. The van der Waals surface area contributed by atoms with Gasteiger partial charge in [-0.05, 0) is 92.5 Å². The third kappa shape index (κ3) is 6.01. The number of nitrogens with zero attached hydrogens (tertiary/aromatic N) is 3. The molecule has 2 aromatic rings. The van der Waals surface area contributed by atoms with Crippen molar-refractivity contribution in [2.45, 2.75) is 37.0 Å². The summed E-state index contributed by atoms with van der Waals surface area (Å²) in [5, 5.41) is 24.3. The van der Waals surface area contributed by atoms with Gasteiger partial charge in [0.15, 0.2) is 5.82 Å². The minimum atomic E-state index is -1.23. The molecule has 0 bridgehead atoms. The molecule has 1 saturated heterocycles. The van der Waals surface area contributed by atoms with E-state index in [2.05, 4.69) is 39.0 Å². The third-order valence-electron chi connectivity index (χ3n) is 6.95. The largest absolute Gasteiger partial charge is 0.405 e. The van der Waals surface area contributed by atoms with Crippen molar-refractivity contribution in [1.29, 1.82) is 0 Å². The molecule has 1 aromatic heterocycles. The number of aromatic nitrogens is 3. The number of hydrogen-bond donors (Lipinski definition) is 4. The molecule has 2 unspecified atom stereocenters. The number of amides is 1. The molecular weight excluding hydrogens is 508 g/mol. The van der Waals surface area contributed by atoms with Gasteiger partial charge in [-0.15, -0.1) is 22.0 Å². The van der Waals surface area contributed by atoms with Crippen LogP contribution in [-0.2, 0) is 10.4 Å². The first-order chi connectivity index (χ1) is 17.7. The van der Waals surface area contributed by atoms with E-state index in [-0.39, 0.29) is 17.1 Å². The summed E-state index contributed by atoms with van der Waals surface area (Å²) in [4.78, 5) is 17.8. The van der Waals surface area contributed by atoms with Crippen LogP contribution in [0, 0.1) is 5.92 Å². The molecule has 2 aliphatic heterocycles. The zero-order valence-electron chi connectivity index (χ0n) is 21.1. The minimum Gasteiger partial charge on any atom is -0.405 e. The van der Waals surface area contributed by atoms with Crippen molar-refractivity contribution in [3.63, 3.8) is 0 Å². The highest BCUT2D eigenvalue weighted by Gasteiger charge is 2.48. The molecule has 2 atom stereocenters. The van der Waals surface area contributed by atoms with Crippen molar-refractivity contribution < 1.29 is 9.90 Å². The Morgan fingerprint density at radius 1 is 1.35 bits per heavy atom. The lowest BCUT2D eigenvalue weighted by atomic mass is 9.70. The van der Waals surface area contributed by atoms with Crippen molar-refractivity contribution in [3.05, 3.63) is 88.8 Å². The highest BCUT2D eigenvalue weighted by Crippen LogP contribution is 2.55. The maximum atomic E-state index is 12.8. The van der Waals surface area contributed by atoms with Gasteiger partial charge in [-0.25, -0.2) is 0 Å². The molecule has 4 rings (SSSR count). The third-order valence-corrected chi connectivity index (χ3v) is 8.60. The van der Waals surface area contributed by atoms with E-state index < -0.39 is 5.60 Å². The number of piperidine rings is 1. The van der Waals surface area contributed by atoms with Crippen molar-refractivity contribution in [2.75, 3.05) is 20.1 Å². The number of carbonyl (C=O) groups is 1. The summed E-state index contributed by atoms with van der Waals surface area (Å²) in [6, 6.07) is 7.48. The average Bonchev–Trinajstić information content (AvgIpc) is 3.54. The van der Waals surface area contributed by atoms with Crippen LogP contribution < -0.4 is 11.1 Å². The van der Waals surface area contributed by atoms with Crippen LogP contribution in [0.4, 0.5) is 0 Å². The molecule has 0 aliphatic carbocycles. The maximum absolute atomic E-state index is 12.8. The number of hydrogen-bond acceptors (Lipinski definition) is 7. The number of nitrogens with one attached hydrogen (secondary N) is 2. The fourth-order valence-electron chi connectivity index (χ4n) is 5.17.